The molecule has 1 unspecified atom stereocenters. The highest BCUT2D eigenvalue weighted by atomic mass is 16.5. The lowest BCUT2D eigenvalue weighted by Gasteiger charge is -2.17. The lowest BCUT2D eigenvalue weighted by Crippen LogP contribution is -2.10. The van der Waals surface area contributed by atoms with Gasteiger partial charge in [-0.05, 0) is 18.8 Å². The van der Waals surface area contributed by atoms with Gasteiger partial charge in [0.05, 0.1) is 6.61 Å². The lowest BCUT2D eigenvalue weighted by molar-refractivity contribution is -0.144. The largest absolute Gasteiger partial charge is 0.466 e. The first-order valence-corrected chi connectivity index (χ1v) is 21.4. The minimum atomic E-state index is 0.0500. The molecule has 2 nitrogen and oxygen atoms in total. The van der Waals surface area contributed by atoms with Crippen molar-refractivity contribution in [1.29, 1.82) is 0 Å². The molecule has 0 rings (SSSR count). The Labute approximate surface area is 285 Å². The summed E-state index contributed by atoms with van der Waals surface area (Å²) in [7, 11) is 0. The summed E-state index contributed by atoms with van der Waals surface area (Å²) < 4.78 is 5.74. The first-order chi connectivity index (χ1) is 22.2. The quantitative estimate of drug-likeness (QED) is 0.0497. The second kappa shape index (κ2) is 39.6. The van der Waals surface area contributed by atoms with Crippen molar-refractivity contribution in [3.63, 3.8) is 0 Å². The van der Waals surface area contributed by atoms with Gasteiger partial charge in [0.1, 0.15) is 0 Å². The maximum Gasteiger partial charge on any atom is 0.305 e. The number of carbonyl (C=O) groups excluding carboxylic acids is 1. The van der Waals surface area contributed by atoms with Gasteiger partial charge in [0.2, 0.25) is 0 Å². The Kier molecular flexibility index (Phi) is 39.2. The molecule has 0 aromatic carbocycles. The number of esters is 1. The summed E-state index contributed by atoms with van der Waals surface area (Å²) in [6, 6.07) is 0. The van der Waals surface area contributed by atoms with Gasteiger partial charge in [0.25, 0.3) is 0 Å². The predicted octanol–water partition coefficient (Wildman–Crippen LogP) is 15.6. The average Bonchev–Trinajstić information content (AvgIpc) is 3.04. The Morgan fingerprint density at radius 1 is 0.356 bits per heavy atom. The fourth-order valence-electron chi connectivity index (χ4n) is 6.97. The maximum atomic E-state index is 12.4. The van der Waals surface area contributed by atoms with E-state index >= 15 is 0 Å². The van der Waals surface area contributed by atoms with Crippen LogP contribution in [0.25, 0.3) is 0 Å². The van der Waals surface area contributed by atoms with E-state index in [1.54, 1.807) is 0 Å². The van der Waals surface area contributed by atoms with E-state index in [-0.39, 0.29) is 5.97 Å². The van der Waals surface area contributed by atoms with Crippen molar-refractivity contribution >= 4 is 5.97 Å². The van der Waals surface area contributed by atoms with Crippen molar-refractivity contribution in [2.24, 2.45) is 5.92 Å². The van der Waals surface area contributed by atoms with Gasteiger partial charge in [0, 0.05) is 6.42 Å². The van der Waals surface area contributed by atoms with Crippen LogP contribution in [0.2, 0.25) is 0 Å². The Hall–Kier alpha value is -0.530. The van der Waals surface area contributed by atoms with E-state index in [0.717, 1.165) is 18.8 Å². The van der Waals surface area contributed by atoms with Crippen LogP contribution in [0.15, 0.2) is 0 Å². The van der Waals surface area contributed by atoms with Crippen molar-refractivity contribution in [1.82, 2.24) is 0 Å². The first-order valence-electron chi connectivity index (χ1n) is 21.4. The third-order valence-electron chi connectivity index (χ3n) is 10.2. The van der Waals surface area contributed by atoms with E-state index in [2.05, 4.69) is 20.8 Å². The van der Waals surface area contributed by atoms with E-state index in [1.165, 1.54) is 218 Å². The highest BCUT2D eigenvalue weighted by Gasteiger charge is 2.11. The molecule has 270 valence electrons. The van der Waals surface area contributed by atoms with Crippen LogP contribution in [0.3, 0.4) is 0 Å². The summed E-state index contributed by atoms with van der Waals surface area (Å²) >= 11 is 0. The molecule has 0 aromatic heterocycles. The molecule has 0 fully saturated rings. The third-order valence-corrected chi connectivity index (χ3v) is 10.2. The second-order valence-corrected chi connectivity index (χ2v) is 14.8. The Morgan fingerprint density at radius 2 is 0.622 bits per heavy atom. The molecule has 0 saturated carbocycles. The van der Waals surface area contributed by atoms with Crippen LogP contribution in [-0.4, -0.2) is 12.6 Å². The zero-order valence-electron chi connectivity index (χ0n) is 31.8. The van der Waals surface area contributed by atoms with Crippen molar-refractivity contribution in [2.75, 3.05) is 6.61 Å². The molecule has 0 N–H and O–H groups in total. The van der Waals surface area contributed by atoms with Gasteiger partial charge in [0.15, 0.2) is 0 Å². The molecule has 1 atom stereocenters. The van der Waals surface area contributed by atoms with Gasteiger partial charge in [-0.15, -0.1) is 0 Å². The van der Waals surface area contributed by atoms with E-state index in [0.29, 0.717) is 13.0 Å². The molecule has 45 heavy (non-hydrogen) atoms. The maximum absolute atomic E-state index is 12.4. The number of ether oxygens (including phenoxy) is 1. The van der Waals surface area contributed by atoms with Crippen LogP contribution in [0.5, 0.6) is 0 Å². The average molecular weight is 635 g/mol. The number of rotatable bonds is 39. The molecule has 0 saturated heterocycles. The standard InChI is InChI=1S/C43H86O2/c1-4-7-10-13-16-19-22-24-26-29-32-35-38-42(37-34-31-28-25-21-18-15-12-9-6-3)40-41-45-43(44)39-36-33-30-27-23-20-17-14-11-8-5-2/h42H,4-41H2,1-3H3. The minimum Gasteiger partial charge on any atom is -0.466 e. The number of unbranched alkanes of at least 4 members (excludes halogenated alkanes) is 30. The van der Waals surface area contributed by atoms with Crippen molar-refractivity contribution in [2.45, 2.75) is 258 Å². The third kappa shape index (κ3) is 37.8. The number of hydrogen-bond acceptors (Lipinski definition) is 2. The summed E-state index contributed by atoms with van der Waals surface area (Å²) in [5.41, 5.74) is 0. The van der Waals surface area contributed by atoms with E-state index in [1.807, 2.05) is 0 Å². The van der Waals surface area contributed by atoms with Crippen molar-refractivity contribution in [3.8, 4) is 0 Å². The van der Waals surface area contributed by atoms with Gasteiger partial charge < -0.3 is 4.74 Å². The molecular weight excluding hydrogens is 548 g/mol. The van der Waals surface area contributed by atoms with Crippen LogP contribution >= 0.6 is 0 Å². The molecule has 0 bridgehead atoms. The predicted molar refractivity (Wildman–Crippen MR) is 202 cm³/mol. The number of carbonyl (C=O) groups is 1. The fourth-order valence-corrected chi connectivity index (χ4v) is 6.97. The fraction of sp³-hybridized carbons (Fsp3) is 0.977. The zero-order valence-corrected chi connectivity index (χ0v) is 31.8. The summed E-state index contributed by atoms with van der Waals surface area (Å²) in [6.45, 7) is 7.54. The monoisotopic (exact) mass is 635 g/mol. The highest BCUT2D eigenvalue weighted by molar-refractivity contribution is 5.69. The molecule has 2 heteroatoms. The highest BCUT2D eigenvalue weighted by Crippen LogP contribution is 2.23. The summed E-state index contributed by atoms with van der Waals surface area (Å²) in [5.74, 6) is 0.797. The Bertz CT molecular complexity index is 544. The van der Waals surface area contributed by atoms with Crippen LogP contribution in [0.4, 0.5) is 0 Å². The normalized spacial score (nSPS) is 12.2. The summed E-state index contributed by atoms with van der Waals surface area (Å²) in [6.07, 6.45) is 50.0. The van der Waals surface area contributed by atoms with Crippen LogP contribution in [0, 0.1) is 5.92 Å². The molecule has 0 aliphatic heterocycles. The molecule has 0 aliphatic carbocycles. The molecule has 0 spiro atoms. The Morgan fingerprint density at radius 3 is 0.933 bits per heavy atom. The molecule has 0 radical (unpaired) electrons. The number of hydrogen-bond donors (Lipinski definition) is 0. The molecule has 0 aromatic rings. The molecule has 0 amide bonds. The van der Waals surface area contributed by atoms with Gasteiger partial charge in [-0.2, -0.15) is 0 Å². The van der Waals surface area contributed by atoms with Gasteiger partial charge in [-0.25, -0.2) is 0 Å². The van der Waals surface area contributed by atoms with E-state index < -0.39 is 0 Å². The van der Waals surface area contributed by atoms with Crippen molar-refractivity contribution < 1.29 is 9.53 Å². The van der Waals surface area contributed by atoms with Crippen LogP contribution < -0.4 is 0 Å². The minimum absolute atomic E-state index is 0.0500. The second-order valence-electron chi connectivity index (χ2n) is 14.8. The van der Waals surface area contributed by atoms with Gasteiger partial charge in [-0.1, -0.05) is 239 Å². The smallest absolute Gasteiger partial charge is 0.305 e. The van der Waals surface area contributed by atoms with Gasteiger partial charge in [-0.3, -0.25) is 4.79 Å². The van der Waals surface area contributed by atoms with Crippen LogP contribution in [0.1, 0.15) is 258 Å². The topological polar surface area (TPSA) is 26.3 Å². The van der Waals surface area contributed by atoms with E-state index in [9.17, 15) is 4.79 Å². The van der Waals surface area contributed by atoms with Gasteiger partial charge >= 0.3 is 5.97 Å². The van der Waals surface area contributed by atoms with E-state index in [4.69, 9.17) is 4.74 Å². The lowest BCUT2D eigenvalue weighted by atomic mass is 9.91. The Balaban J connectivity index is 4.01. The molecular formula is C43H86O2. The molecule has 0 heterocycles. The summed E-state index contributed by atoms with van der Waals surface area (Å²) in [5, 5.41) is 0. The van der Waals surface area contributed by atoms with Crippen LogP contribution in [-0.2, 0) is 9.53 Å². The first kappa shape index (κ1) is 44.5. The summed E-state index contributed by atoms with van der Waals surface area (Å²) in [4.78, 5) is 12.4. The molecule has 0 aliphatic rings. The zero-order chi connectivity index (χ0) is 32.7. The SMILES string of the molecule is CCCCCCCCCCCCCCC(CCCCCCCCCCCC)CCOC(=O)CCCCCCCCCCCCC. The van der Waals surface area contributed by atoms with Crippen molar-refractivity contribution in [3.05, 3.63) is 0 Å².